The van der Waals surface area contributed by atoms with Gasteiger partial charge in [-0.15, -0.1) is 0 Å². The van der Waals surface area contributed by atoms with E-state index in [2.05, 4.69) is 53.4 Å². The van der Waals surface area contributed by atoms with Gasteiger partial charge in [0.05, 0.1) is 5.60 Å². The maximum atomic E-state index is 6.27. The van der Waals surface area contributed by atoms with Crippen LogP contribution in [0.5, 0.6) is 0 Å². The molecule has 0 saturated carbocycles. The van der Waals surface area contributed by atoms with Crippen LogP contribution in [0.25, 0.3) is 0 Å². The van der Waals surface area contributed by atoms with E-state index in [0.717, 1.165) is 19.3 Å². The Bertz CT molecular complexity index is 211. The highest BCUT2D eigenvalue weighted by atomic mass is 28.4. The van der Waals surface area contributed by atoms with Crippen LogP contribution in [0.15, 0.2) is 11.6 Å². The first-order chi connectivity index (χ1) is 6.68. The lowest BCUT2D eigenvalue weighted by Crippen LogP contribution is -2.40. The molecule has 0 bridgehead atoms. The second-order valence-corrected chi connectivity index (χ2v) is 10.3. The van der Waals surface area contributed by atoms with Crippen molar-refractivity contribution in [3.8, 4) is 0 Å². The van der Waals surface area contributed by atoms with E-state index in [9.17, 15) is 0 Å². The molecular weight excluding hydrogens is 200 g/mol. The minimum Gasteiger partial charge on any atom is -0.412 e. The summed E-state index contributed by atoms with van der Waals surface area (Å²) in [6, 6.07) is 0. The molecule has 0 aromatic rings. The smallest absolute Gasteiger partial charge is 0.184 e. The highest BCUT2D eigenvalue weighted by Crippen LogP contribution is 2.26. The average Bonchev–Trinajstić information content (AvgIpc) is 2.00. The molecule has 0 heterocycles. The van der Waals surface area contributed by atoms with Crippen molar-refractivity contribution in [2.45, 2.75) is 72.2 Å². The van der Waals surface area contributed by atoms with E-state index < -0.39 is 8.32 Å². The SMILES string of the molecule is CCC(C)(CCC=C(C)C)O[Si](C)(C)C. The molecule has 90 valence electrons. The first-order valence-corrected chi connectivity index (χ1v) is 9.43. The average molecular weight is 228 g/mol. The van der Waals surface area contributed by atoms with Crippen molar-refractivity contribution in [1.29, 1.82) is 0 Å². The normalized spacial score (nSPS) is 15.9. The van der Waals surface area contributed by atoms with Crippen molar-refractivity contribution in [3.63, 3.8) is 0 Å². The van der Waals surface area contributed by atoms with Gasteiger partial charge in [-0.25, -0.2) is 0 Å². The second kappa shape index (κ2) is 5.85. The first-order valence-electron chi connectivity index (χ1n) is 6.02. The lowest BCUT2D eigenvalue weighted by molar-refractivity contribution is 0.0679. The maximum absolute atomic E-state index is 6.27. The molecule has 0 aliphatic rings. The summed E-state index contributed by atoms with van der Waals surface area (Å²) in [5.74, 6) is 0. The molecule has 0 aromatic carbocycles. The summed E-state index contributed by atoms with van der Waals surface area (Å²) >= 11 is 0. The van der Waals surface area contributed by atoms with Crippen LogP contribution in [0.3, 0.4) is 0 Å². The van der Waals surface area contributed by atoms with E-state index in [1.807, 2.05) is 0 Å². The van der Waals surface area contributed by atoms with Crippen molar-refractivity contribution in [2.24, 2.45) is 0 Å². The maximum Gasteiger partial charge on any atom is 0.184 e. The molecule has 2 heteroatoms. The van der Waals surface area contributed by atoms with Gasteiger partial charge in [-0.3, -0.25) is 0 Å². The highest BCUT2D eigenvalue weighted by molar-refractivity contribution is 6.69. The summed E-state index contributed by atoms with van der Waals surface area (Å²) in [5, 5.41) is 0. The Balaban J connectivity index is 4.26. The van der Waals surface area contributed by atoms with E-state index in [1.165, 1.54) is 5.57 Å². The van der Waals surface area contributed by atoms with Gasteiger partial charge in [0.25, 0.3) is 0 Å². The molecule has 0 aliphatic heterocycles. The van der Waals surface area contributed by atoms with Crippen LogP contribution in [0, 0.1) is 0 Å². The summed E-state index contributed by atoms with van der Waals surface area (Å²) < 4.78 is 6.27. The van der Waals surface area contributed by atoms with Gasteiger partial charge < -0.3 is 4.43 Å². The van der Waals surface area contributed by atoms with E-state index in [0.29, 0.717) is 0 Å². The lowest BCUT2D eigenvalue weighted by atomic mass is 9.97. The number of allylic oxidation sites excluding steroid dienone is 2. The zero-order valence-electron chi connectivity index (χ0n) is 11.6. The molecule has 0 fully saturated rings. The fourth-order valence-corrected chi connectivity index (χ4v) is 3.43. The van der Waals surface area contributed by atoms with Gasteiger partial charge in [0.2, 0.25) is 0 Å². The predicted octanol–water partition coefficient (Wildman–Crippen LogP) is 4.75. The molecule has 0 amide bonds. The summed E-state index contributed by atoms with van der Waals surface area (Å²) in [6.07, 6.45) is 5.69. The molecule has 0 aromatic heterocycles. The van der Waals surface area contributed by atoms with E-state index >= 15 is 0 Å². The molecule has 0 aliphatic carbocycles. The predicted molar refractivity (Wildman–Crippen MR) is 71.8 cm³/mol. The van der Waals surface area contributed by atoms with Crippen LogP contribution < -0.4 is 0 Å². The third-order valence-electron chi connectivity index (χ3n) is 2.53. The van der Waals surface area contributed by atoms with Gasteiger partial charge in [-0.2, -0.15) is 0 Å². The van der Waals surface area contributed by atoms with Gasteiger partial charge in [0, 0.05) is 0 Å². The molecule has 1 unspecified atom stereocenters. The quantitative estimate of drug-likeness (QED) is 0.471. The molecule has 0 rings (SSSR count). The number of rotatable bonds is 6. The van der Waals surface area contributed by atoms with E-state index in [4.69, 9.17) is 4.43 Å². The van der Waals surface area contributed by atoms with Crippen LogP contribution in [-0.2, 0) is 4.43 Å². The summed E-state index contributed by atoms with van der Waals surface area (Å²) in [6.45, 7) is 15.6. The summed E-state index contributed by atoms with van der Waals surface area (Å²) in [4.78, 5) is 0. The largest absolute Gasteiger partial charge is 0.412 e. The molecular formula is C13H28OSi. The fraction of sp³-hybridized carbons (Fsp3) is 0.846. The monoisotopic (exact) mass is 228 g/mol. The van der Waals surface area contributed by atoms with Crippen LogP contribution in [0.4, 0.5) is 0 Å². The Kier molecular flexibility index (Phi) is 5.82. The van der Waals surface area contributed by atoms with Crippen LogP contribution in [0.1, 0.15) is 47.0 Å². The van der Waals surface area contributed by atoms with Gasteiger partial charge in [0.15, 0.2) is 8.32 Å². The van der Waals surface area contributed by atoms with Crippen molar-refractivity contribution in [1.82, 2.24) is 0 Å². The Morgan fingerprint density at radius 2 is 1.80 bits per heavy atom. The number of hydrogen-bond donors (Lipinski definition) is 0. The van der Waals surface area contributed by atoms with Crippen molar-refractivity contribution in [2.75, 3.05) is 0 Å². The standard InChI is InChI=1S/C13H28OSi/c1-8-13(4,14-15(5,6)7)11-9-10-12(2)3/h10H,8-9,11H2,1-7H3. The Morgan fingerprint density at radius 3 is 2.13 bits per heavy atom. The topological polar surface area (TPSA) is 9.23 Å². The van der Waals surface area contributed by atoms with Crippen molar-refractivity contribution < 1.29 is 4.43 Å². The molecule has 0 radical (unpaired) electrons. The molecule has 0 N–H and O–H groups in total. The van der Waals surface area contributed by atoms with Crippen molar-refractivity contribution in [3.05, 3.63) is 11.6 Å². The van der Waals surface area contributed by atoms with Crippen LogP contribution in [0.2, 0.25) is 19.6 Å². The summed E-state index contributed by atoms with van der Waals surface area (Å²) in [7, 11) is -1.41. The van der Waals surface area contributed by atoms with Gasteiger partial charge >= 0.3 is 0 Å². The van der Waals surface area contributed by atoms with Gasteiger partial charge in [0.1, 0.15) is 0 Å². The summed E-state index contributed by atoms with van der Waals surface area (Å²) in [5.41, 5.74) is 1.48. The third-order valence-corrected chi connectivity index (χ3v) is 3.63. The van der Waals surface area contributed by atoms with E-state index in [-0.39, 0.29) is 5.60 Å². The lowest BCUT2D eigenvalue weighted by Gasteiger charge is -2.35. The molecule has 0 spiro atoms. The highest BCUT2D eigenvalue weighted by Gasteiger charge is 2.29. The van der Waals surface area contributed by atoms with Crippen LogP contribution in [-0.4, -0.2) is 13.9 Å². The second-order valence-electron chi connectivity index (χ2n) is 5.84. The Hall–Kier alpha value is -0.0831. The molecule has 1 atom stereocenters. The number of hydrogen-bond acceptors (Lipinski definition) is 1. The Morgan fingerprint density at radius 1 is 1.27 bits per heavy atom. The zero-order valence-corrected chi connectivity index (χ0v) is 12.6. The minimum atomic E-state index is -1.41. The molecule has 1 nitrogen and oxygen atoms in total. The minimum absolute atomic E-state index is 0.0798. The first kappa shape index (κ1) is 14.9. The molecule has 0 saturated heterocycles. The van der Waals surface area contributed by atoms with Crippen molar-refractivity contribution >= 4 is 8.32 Å². The van der Waals surface area contributed by atoms with E-state index in [1.54, 1.807) is 0 Å². The van der Waals surface area contributed by atoms with Gasteiger partial charge in [-0.05, 0) is 59.7 Å². The molecule has 15 heavy (non-hydrogen) atoms. The third kappa shape index (κ3) is 7.80. The Labute approximate surface area is 97.0 Å². The zero-order chi connectivity index (χ0) is 12.1. The fourth-order valence-electron chi connectivity index (χ4n) is 1.71. The van der Waals surface area contributed by atoms with Crippen LogP contribution >= 0.6 is 0 Å². The van der Waals surface area contributed by atoms with Gasteiger partial charge in [-0.1, -0.05) is 18.6 Å².